The zero-order valence-corrected chi connectivity index (χ0v) is 11.6. The second-order valence-electron chi connectivity index (χ2n) is 4.61. The number of amides is 1. The van der Waals surface area contributed by atoms with Crippen LogP contribution in [-0.2, 0) is 15.3 Å². The monoisotopic (exact) mass is 302 g/mol. The maximum atomic E-state index is 12.0. The van der Waals surface area contributed by atoms with E-state index in [-0.39, 0.29) is 0 Å². The van der Waals surface area contributed by atoms with Crippen LogP contribution in [0.3, 0.4) is 0 Å². The first-order valence-corrected chi connectivity index (χ1v) is 6.57. The molecule has 0 bridgehead atoms. The second kappa shape index (κ2) is 4.79. The van der Waals surface area contributed by atoms with E-state index >= 15 is 0 Å². The SMILES string of the molecule is NC(=O)C1(Nc2ccc(Cl)cc2)OC(=O)c2ccccc21. The van der Waals surface area contributed by atoms with E-state index in [0.29, 0.717) is 21.8 Å². The van der Waals surface area contributed by atoms with E-state index in [9.17, 15) is 9.59 Å². The van der Waals surface area contributed by atoms with Crippen LogP contribution in [0, 0.1) is 0 Å². The molecule has 0 aliphatic carbocycles. The molecule has 0 fully saturated rings. The minimum atomic E-state index is -1.71. The number of hydrogen-bond donors (Lipinski definition) is 2. The molecule has 3 rings (SSSR count). The molecule has 1 amide bonds. The molecule has 1 unspecified atom stereocenters. The third kappa shape index (κ3) is 2.11. The van der Waals surface area contributed by atoms with Crippen LogP contribution in [0.25, 0.3) is 0 Å². The summed E-state index contributed by atoms with van der Waals surface area (Å²) in [4.78, 5) is 23.9. The highest BCUT2D eigenvalue weighted by Gasteiger charge is 2.50. The summed E-state index contributed by atoms with van der Waals surface area (Å²) in [5, 5.41) is 3.44. The summed E-state index contributed by atoms with van der Waals surface area (Å²) in [7, 11) is 0. The maximum Gasteiger partial charge on any atom is 0.341 e. The highest BCUT2D eigenvalue weighted by Crippen LogP contribution is 2.37. The highest BCUT2D eigenvalue weighted by atomic mass is 35.5. The van der Waals surface area contributed by atoms with Gasteiger partial charge in [-0.1, -0.05) is 29.8 Å². The van der Waals surface area contributed by atoms with Gasteiger partial charge >= 0.3 is 5.97 Å². The maximum absolute atomic E-state index is 12.0. The van der Waals surface area contributed by atoms with Gasteiger partial charge < -0.3 is 15.8 Å². The Morgan fingerprint density at radius 1 is 1.14 bits per heavy atom. The minimum absolute atomic E-state index is 0.317. The number of rotatable bonds is 3. The predicted molar refractivity (Wildman–Crippen MR) is 77.8 cm³/mol. The summed E-state index contributed by atoms with van der Waals surface area (Å²) in [5.74, 6) is -1.39. The molecule has 0 aromatic heterocycles. The molecule has 0 spiro atoms. The van der Waals surface area contributed by atoms with Crippen molar-refractivity contribution in [2.24, 2.45) is 5.73 Å². The number of cyclic esters (lactones) is 1. The fourth-order valence-corrected chi connectivity index (χ4v) is 2.42. The van der Waals surface area contributed by atoms with E-state index < -0.39 is 17.6 Å². The lowest BCUT2D eigenvalue weighted by Gasteiger charge is -2.27. The van der Waals surface area contributed by atoms with Gasteiger partial charge in [0.05, 0.1) is 5.56 Å². The molecule has 1 atom stereocenters. The van der Waals surface area contributed by atoms with Crippen molar-refractivity contribution in [1.29, 1.82) is 0 Å². The van der Waals surface area contributed by atoms with Gasteiger partial charge in [0.2, 0.25) is 0 Å². The van der Waals surface area contributed by atoms with Gasteiger partial charge in [0.1, 0.15) is 0 Å². The Balaban J connectivity index is 2.08. The number of ether oxygens (including phenoxy) is 1. The normalized spacial score (nSPS) is 19.8. The Bertz CT molecular complexity index is 730. The van der Waals surface area contributed by atoms with Crippen molar-refractivity contribution in [3.8, 4) is 0 Å². The Kier molecular flexibility index (Phi) is 3.07. The van der Waals surface area contributed by atoms with Crippen LogP contribution in [0.1, 0.15) is 15.9 Å². The average Bonchev–Trinajstić information content (AvgIpc) is 2.76. The number of carbonyl (C=O) groups is 2. The number of hydrogen-bond acceptors (Lipinski definition) is 4. The van der Waals surface area contributed by atoms with Crippen molar-refractivity contribution in [1.82, 2.24) is 0 Å². The van der Waals surface area contributed by atoms with E-state index in [0.717, 1.165) is 0 Å². The summed E-state index contributed by atoms with van der Waals surface area (Å²) in [6.07, 6.45) is 0. The number of primary amides is 1. The van der Waals surface area contributed by atoms with Gasteiger partial charge in [-0.15, -0.1) is 0 Å². The Hall–Kier alpha value is -2.53. The molecule has 2 aromatic rings. The fourth-order valence-electron chi connectivity index (χ4n) is 2.29. The van der Waals surface area contributed by atoms with Crippen molar-refractivity contribution >= 4 is 29.2 Å². The zero-order chi connectivity index (χ0) is 15.0. The third-order valence-electron chi connectivity index (χ3n) is 3.28. The van der Waals surface area contributed by atoms with Gasteiger partial charge in [0.15, 0.2) is 0 Å². The van der Waals surface area contributed by atoms with E-state index in [4.69, 9.17) is 22.1 Å². The quantitative estimate of drug-likeness (QED) is 0.852. The molecule has 5 nitrogen and oxygen atoms in total. The van der Waals surface area contributed by atoms with Gasteiger partial charge in [-0.05, 0) is 30.3 Å². The molecule has 6 heteroatoms. The van der Waals surface area contributed by atoms with Gasteiger partial charge in [-0.2, -0.15) is 0 Å². The van der Waals surface area contributed by atoms with Crippen LogP contribution < -0.4 is 11.1 Å². The molecule has 1 aliphatic heterocycles. The Morgan fingerprint density at radius 2 is 1.81 bits per heavy atom. The average molecular weight is 303 g/mol. The fraction of sp³-hybridized carbons (Fsp3) is 0.0667. The number of fused-ring (bicyclic) bond motifs is 1. The molecule has 1 heterocycles. The number of anilines is 1. The van der Waals surface area contributed by atoms with Gasteiger partial charge in [0.25, 0.3) is 11.6 Å². The van der Waals surface area contributed by atoms with Crippen molar-refractivity contribution in [2.45, 2.75) is 5.72 Å². The van der Waals surface area contributed by atoms with Crippen LogP contribution in [0.4, 0.5) is 5.69 Å². The lowest BCUT2D eigenvalue weighted by Crippen LogP contribution is -2.48. The summed E-state index contributed by atoms with van der Waals surface area (Å²) < 4.78 is 5.26. The molecule has 3 N–H and O–H groups in total. The molecule has 2 aromatic carbocycles. The number of carbonyl (C=O) groups excluding carboxylic acids is 2. The molecule has 1 aliphatic rings. The first-order valence-electron chi connectivity index (χ1n) is 6.19. The van der Waals surface area contributed by atoms with Crippen LogP contribution in [-0.4, -0.2) is 11.9 Å². The van der Waals surface area contributed by atoms with Crippen molar-refractivity contribution in [3.63, 3.8) is 0 Å². The molecule has 106 valence electrons. The number of benzene rings is 2. The first kappa shape index (κ1) is 13.5. The van der Waals surface area contributed by atoms with E-state index in [1.54, 1.807) is 48.5 Å². The van der Waals surface area contributed by atoms with Crippen LogP contribution in [0.5, 0.6) is 0 Å². The topological polar surface area (TPSA) is 81.4 Å². The minimum Gasteiger partial charge on any atom is -0.421 e. The Labute approximate surface area is 125 Å². The molecule has 0 radical (unpaired) electrons. The highest BCUT2D eigenvalue weighted by molar-refractivity contribution is 6.30. The molecular formula is C15H11ClN2O3. The van der Waals surface area contributed by atoms with Crippen LogP contribution in [0.2, 0.25) is 5.02 Å². The third-order valence-corrected chi connectivity index (χ3v) is 3.54. The lowest BCUT2D eigenvalue weighted by atomic mass is 9.99. The van der Waals surface area contributed by atoms with Gasteiger partial charge in [0, 0.05) is 16.3 Å². The Morgan fingerprint density at radius 3 is 2.48 bits per heavy atom. The largest absolute Gasteiger partial charge is 0.421 e. The predicted octanol–water partition coefficient (Wildman–Crippen LogP) is 2.26. The smallest absolute Gasteiger partial charge is 0.341 e. The molecule has 0 saturated carbocycles. The van der Waals surface area contributed by atoms with E-state index in [1.165, 1.54) is 0 Å². The summed E-state index contributed by atoms with van der Waals surface area (Å²) in [6.45, 7) is 0. The summed E-state index contributed by atoms with van der Waals surface area (Å²) >= 11 is 5.83. The molecule has 21 heavy (non-hydrogen) atoms. The van der Waals surface area contributed by atoms with Crippen LogP contribution in [0.15, 0.2) is 48.5 Å². The van der Waals surface area contributed by atoms with Crippen LogP contribution >= 0.6 is 11.6 Å². The zero-order valence-electron chi connectivity index (χ0n) is 10.8. The van der Waals surface area contributed by atoms with Crippen molar-refractivity contribution < 1.29 is 14.3 Å². The van der Waals surface area contributed by atoms with Gasteiger partial charge in [-0.25, -0.2) is 4.79 Å². The number of nitrogens with one attached hydrogen (secondary N) is 1. The number of nitrogens with two attached hydrogens (primary N) is 1. The van der Waals surface area contributed by atoms with Gasteiger partial charge in [-0.3, -0.25) is 4.79 Å². The number of esters is 1. The lowest BCUT2D eigenvalue weighted by molar-refractivity contribution is -0.134. The van der Waals surface area contributed by atoms with Crippen molar-refractivity contribution in [2.75, 3.05) is 5.32 Å². The summed E-state index contributed by atoms with van der Waals surface area (Å²) in [5.41, 5.74) is 5.05. The standard InChI is InChI=1S/C15H11ClN2O3/c16-9-5-7-10(8-6-9)18-15(14(17)20)12-4-2-1-3-11(12)13(19)21-15/h1-8,18H,(H2,17,20). The molecule has 0 saturated heterocycles. The van der Waals surface area contributed by atoms with E-state index in [1.807, 2.05) is 0 Å². The first-order chi connectivity index (χ1) is 10.0. The van der Waals surface area contributed by atoms with E-state index in [2.05, 4.69) is 5.32 Å². The number of halogens is 1. The second-order valence-corrected chi connectivity index (χ2v) is 5.05. The summed E-state index contributed by atoms with van der Waals surface area (Å²) in [6, 6.07) is 13.3. The molecular weight excluding hydrogens is 292 g/mol. The van der Waals surface area contributed by atoms with Crippen molar-refractivity contribution in [3.05, 3.63) is 64.7 Å².